The van der Waals surface area contributed by atoms with Crippen LogP contribution >= 0.6 is 0 Å². The molecule has 1 aliphatic heterocycles. The summed E-state index contributed by atoms with van der Waals surface area (Å²) in [5.41, 5.74) is 4.18. The fourth-order valence-corrected chi connectivity index (χ4v) is 3.16. The number of para-hydroxylation sites is 1. The van der Waals surface area contributed by atoms with Crippen molar-refractivity contribution in [3.63, 3.8) is 0 Å². The highest BCUT2D eigenvalue weighted by Gasteiger charge is 2.18. The first-order valence-corrected chi connectivity index (χ1v) is 8.84. The molecule has 0 radical (unpaired) electrons. The van der Waals surface area contributed by atoms with E-state index >= 15 is 0 Å². The molecule has 6 heteroatoms. The second-order valence-electron chi connectivity index (χ2n) is 6.35. The van der Waals surface area contributed by atoms with Crippen molar-refractivity contribution in [1.82, 2.24) is 9.97 Å². The van der Waals surface area contributed by atoms with Gasteiger partial charge in [0.05, 0.1) is 17.1 Å². The first-order valence-electron chi connectivity index (χ1n) is 8.84. The number of urea groups is 1. The van der Waals surface area contributed by atoms with Crippen molar-refractivity contribution in [2.45, 2.75) is 40.0 Å². The quantitative estimate of drug-likeness (QED) is 0.886. The van der Waals surface area contributed by atoms with Crippen LogP contribution in [0.3, 0.4) is 0 Å². The van der Waals surface area contributed by atoms with Crippen molar-refractivity contribution >= 4 is 23.4 Å². The number of hydrogen-bond donors (Lipinski definition) is 2. The lowest BCUT2D eigenvalue weighted by Gasteiger charge is -2.19. The number of anilines is 3. The van der Waals surface area contributed by atoms with Gasteiger partial charge in [-0.1, -0.05) is 25.1 Å². The van der Waals surface area contributed by atoms with E-state index in [1.807, 2.05) is 38.1 Å². The van der Waals surface area contributed by atoms with E-state index in [2.05, 4.69) is 32.4 Å². The third-order valence-corrected chi connectivity index (χ3v) is 4.53. The summed E-state index contributed by atoms with van der Waals surface area (Å²) in [5.74, 6) is 0.759. The summed E-state index contributed by atoms with van der Waals surface area (Å²) in [6.45, 7) is 7.88. The van der Waals surface area contributed by atoms with E-state index in [-0.39, 0.29) is 6.03 Å². The standard InChI is InChI=1S/C19H25N5O/c1-4-15-9-5-6-10-16(15)22-19(25)23-17-13(2)20-18(21-14(17)3)24-11-7-8-12-24/h5-6,9-10H,4,7-8,11-12H2,1-3H3,(H2,22,23,25). The second-order valence-corrected chi connectivity index (χ2v) is 6.35. The Bertz CT molecular complexity index is 745. The fourth-order valence-electron chi connectivity index (χ4n) is 3.16. The first-order chi connectivity index (χ1) is 12.1. The molecule has 0 bridgehead atoms. The normalized spacial score (nSPS) is 13.8. The molecule has 132 valence electrons. The number of amides is 2. The summed E-state index contributed by atoms with van der Waals surface area (Å²) in [6, 6.07) is 7.54. The Balaban J connectivity index is 1.74. The van der Waals surface area contributed by atoms with Crippen LogP contribution in [0.1, 0.15) is 36.7 Å². The van der Waals surface area contributed by atoms with Crippen molar-refractivity contribution in [2.24, 2.45) is 0 Å². The van der Waals surface area contributed by atoms with Crippen molar-refractivity contribution in [1.29, 1.82) is 0 Å². The van der Waals surface area contributed by atoms with Gasteiger partial charge in [0.2, 0.25) is 5.95 Å². The summed E-state index contributed by atoms with van der Waals surface area (Å²) < 4.78 is 0. The van der Waals surface area contributed by atoms with Gasteiger partial charge in [0.1, 0.15) is 0 Å². The van der Waals surface area contributed by atoms with Gasteiger partial charge < -0.3 is 15.5 Å². The molecule has 2 amide bonds. The van der Waals surface area contributed by atoms with Crippen LogP contribution in [0.15, 0.2) is 24.3 Å². The molecule has 1 aromatic carbocycles. The predicted octanol–water partition coefficient (Wildman–Crippen LogP) is 3.90. The van der Waals surface area contributed by atoms with Crippen LogP contribution in [0.2, 0.25) is 0 Å². The van der Waals surface area contributed by atoms with Crippen LogP contribution in [0.4, 0.5) is 22.1 Å². The number of rotatable bonds is 4. The van der Waals surface area contributed by atoms with Crippen molar-refractivity contribution in [3.8, 4) is 0 Å². The molecule has 0 atom stereocenters. The van der Waals surface area contributed by atoms with Gasteiger partial charge in [0.25, 0.3) is 0 Å². The van der Waals surface area contributed by atoms with Gasteiger partial charge in [-0.25, -0.2) is 14.8 Å². The molecule has 1 aromatic heterocycles. The minimum absolute atomic E-state index is 0.273. The molecular formula is C19H25N5O. The van der Waals surface area contributed by atoms with Crippen LogP contribution < -0.4 is 15.5 Å². The SMILES string of the molecule is CCc1ccccc1NC(=O)Nc1c(C)nc(N2CCCC2)nc1C. The van der Waals surface area contributed by atoms with E-state index in [0.29, 0.717) is 5.69 Å². The molecular weight excluding hydrogens is 314 g/mol. The number of nitrogens with zero attached hydrogens (tertiary/aromatic N) is 3. The molecule has 6 nitrogen and oxygen atoms in total. The summed E-state index contributed by atoms with van der Waals surface area (Å²) in [6.07, 6.45) is 3.23. The number of aryl methyl sites for hydroxylation is 3. The zero-order chi connectivity index (χ0) is 17.8. The number of carbonyl (C=O) groups is 1. The van der Waals surface area contributed by atoms with E-state index in [9.17, 15) is 4.79 Å². The lowest BCUT2D eigenvalue weighted by atomic mass is 10.1. The van der Waals surface area contributed by atoms with E-state index in [4.69, 9.17) is 0 Å². The average Bonchev–Trinajstić information content (AvgIpc) is 3.13. The molecule has 2 N–H and O–H groups in total. The molecule has 2 heterocycles. The molecule has 2 aromatic rings. The Hall–Kier alpha value is -2.63. The van der Waals surface area contributed by atoms with Gasteiger partial charge in [-0.05, 0) is 44.7 Å². The van der Waals surface area contributed by atoms with E-state index in [1.165, 1.54) is 12.8 Å². The summed E-state index contributed by atoms with van der Waals surface area (Å²) in [7, 11) is 0. The van der Waals surface area contributed by atoms with Crippen LogP contribution in [0, 0.1) is 13.8 Å². The van der Waals surface area contributed by atoms with Gasteiger partial charge >= 0.3 is 6.03 Å². The Kier molecular flexibility index (Phi) is 5.16. The maximum atomic E-state index is 12.4. The zero-order valence-electron chi connectivity index (χ0n) is 15.1. The van der Waals surface area contributed by atoms with Gasteiger partial charge in [-0.2, -0.15) is 0 Å². The van der Waals surface area contributed by atoms with Gasteiger partial charge in [-0.15, -0.1) is 0 Å². The molecule has 1 saturated heterocycles. The van der Waals surface area contributed by atoms with Crippen LogP contribution in [0.25, 0.3) is 0 Å². The molecule has 0 unspecified atom stereocenters. The molecule has 1 fully saturated rings. The topological polar surface area (TPSA) is 70.2 Å². The molecule has 1 aliphatic rings. The van der Waals surface area contributed by atoms with Crippen LogP contribution in [0.5, 0.6) is 0 Å². The number of benzene rings is 1. The Morgan fingerprint density at radius 1 is 1.08 bits per heavy atom. The second kappa shape index (κ2) is 7.51. The highest BCUT2D eigenvalue weighted by Crippen LogP contribution is 2.23. The molecule has 0 spiro atoms. The maximum absolute atomic E-state index is 12.4. The van der Waals surface area contributed by atoms with E-state index in [0.717, 1.165) is 48.1 Å². The fraction of sp³-hybridized carbons (Fsp3) is 0.421. The molecule has 0 saturated carbocycles. The van der Waals surface area contributed by atoms with Gasteiger partial charge in [-0.3, -0.25) is 0 Å². The maximum Gasteiger partial charge on any atom is 0.323 e. The molecule has 25 heavy (non-hydrogen) atoms. The smallest absolute Gasteiger partial charge is 0.323 e. The molecule has 3 rings (SSSR count). The summed E-state index contributed by atoms with van der Waals surface area (Å²) >= 11 is 0. The minimum Gasteiger partial charge on any atom is -0.341 e. The number of carbonyl (C=O) groups excluding carboxylic acids is 1. The lowest BCUT2D eigenvalue weighted by Crippen LogP contribution is -2.24. The zero-order valence-corrected chi connectivity index (χ0v) is 15.1. The van der Waals surface area contributed by atoms with Gasteiger partial charge in [0, 0.05) is 18.8 Å². The summed E-state index contributed by atoms with van der Waals surface area (Å²) in [5, 5.41) is 5.82. The number of hydrogen-bond acceptors (Lipinski definition) is 4. The largest absolute Gasteiger partial charge is 0.341 e. The third kappa shape index (κ3) is 3.90. The average molecular weight is 339 g/mol. The first kappa shape index (κ1) is 17.2. The van der Waals surface area contributed by atoms with E-state index < -0.39 is 0 Å². The minimum atomic E-state index is -0.273. The lowest BCUT2D eigenvalue weighted by molar-refractivity contribution is 0.262. The highest BCUT2D eigenvalue weighted by molar-refractivity contribution is 6.00. The summed E-state index contributed by atoms with van der Waals surface area (Å²) in [4.78, 5) is 23.8. The number of aromatic nitrogens is 2. The Morgan fingerprint density at radius 2 is 1.72 bits per heavy atom. The Morgan fingerprint density at radius 3 is 2.36 bits per heavy atom. The van der Waals surface area contributed by atoms with E-state index in [1.54, 1.807) is 0 Å². The van der Waals surface area contributed by atoms with Crippen molar-refractivity contribution in [3.05, 3.63) is 41.2 Å². The third-order valence-electron chi connectivity index (χ3n) is 4.53. The van der Waals surface area contributed by atoms with Crippen molar-refractivity contribution < 1.29 is 4.79 Å². The Labute approximate surface area is 148 Å². The van der Waals surface area contributed by atoms with Crippen molar-refractivity contribution in [2.75, 3.05) is 28.6 Å². The van der Waals surface area contributed by atoms with Gasteiger partial charge in [0.15, 0.2) is 0 Å². The predicted molar refractivity (Wildman–Crippen MR) is 101 cm³/mol. The number of nitrogens with one attached hydrogen (secondary N) is 2. The van der Waals surface area contributed by atoms with Crippen LogP contribution in [-0.4, -0.2) is 29.1 Å². The van der Waals surface area contributed by atoms with Crippen LogP contribution in [-0.2, 0) is 6.42 Å². The highest BCUT2D eigenvalue weighted by atomic mass is 16.2. The monoisotopic (exact) mass is 339 g/mol. The molecule has 0 aliphatic carbocycles.